The Balaban J connectivity index is 2.18. The fourth-order valence-corrected chi connectivity index (χ4v) is 3.57. The Morgan fingerprint density at radius 3 is 2.75 bits per heavy atom. The first-order valence-corrected chi connectivity index (χ1v) is 8.27. The van der Waals surface area contributed by atoms with Gasteiger partial charge in [0.05, 0.1) is 0 Å². The first kappa shape index (κ1) is 15.3. The van der Waals surface area contributed by atoms with Crippen molar-refractivity contribution in [3.8, 4) is 0 Å². The van der Waals surface area contributed by atoms with Crippen molar-refractivity contribution < 1.29 is 0 Å². The van der Waals surface area contributed by atoms with E-state index in [1.807, 2.05) is 17.5 Å². The van der Waals surface area contributed by atoms with Crippen LogP contribution >= 0.6 is 11.3 Å². The number of imidazole rings is 1. The van der Waals surface area contributed by atoms with Gasteiger partial charge in [0, 0.05) is 41.2 Å². The van der Waals surface area contributed by atoms with Gasteiger partial charge in [0.2, 0.25) is 0 Å². The van der Waals surface area contributed by atoms with Gasteiger partial charge in [-0.3, -0.25) is 0 Å². The Labute approximate surface area is 126 Å². The number of hydrogen-bond acceptors (Lipinski definition) is 3. The molecule has 2 heterocycles. The van der Waals surface area contributed by atoms with Crippen LogP contribution in [0.5, 0.6) is 0 Å². The van der Waals surface area contributed by atoms with Crippen molar-refractivity contribution in [2.24, 2.45) is 0 Å². The lowest BCUT2D eigenvalue weighted by Gasteiger charge is -2.17. The Morgan fingerprint density at radius 2 is 2.15 bits per heavy atom. The molecule has 1 unspecified atom stereocenters. The van der Waals surface area contributed by atoms with Crippen LogP contribution < -0.4 is 5.32 Å². The average molecular weight is 291 g/mol. The van der Waals surface area contributed by atoms with E-state index >= 15 is 0 Å². The standard InChI is InChI=1S/C16H25N3S/c1-5-8-19-9-7-18-16(19)11-14(17-6-2)15-10-12(3)13(4)20-15/h7,9-10,14,17H,5-6,8,11H2,1-4H3. The molecule has 0 saturated carbocycles. The Morgan fingerprint density at radius 1 is 1.35 bits per heavy atom. The third-order valence-electron chi connectivity index (χ3n) is 3.63. The molecule has 4 heteroatoms. The number of thiophene rings is 1. The van der Waals surface area contributed by atoms with Crippen LogP contribution in [0.3, 0.4) is 0 Å². The lowest BCUT2D eigenvalue weighted by molar-refractivity contribution is 0.522. The summed E-state index contributed by atoms with van der Waals surface area (Å²) in [6.07, 6.45) is 6.11. The van der Waals surface area contributed by atoms with Crippen molar-refractivity contribution >= 4 is 11.3 Å². The molecule has 0 spiro atoms. The van der Waals surface area contributed by atoms with E-state index in [1.165, 1.54) is 21.1 Å². The highest BCUT2D eigenvalue weighted by Crippen LogP contribution is 2.28. The lowest BCUT2D eigenvalue weighted by Crippen LogP contribution is -2.23. The molecule has 0 aliphatic carbocycles. The van der Waals surface area contributed by atoms with Gasteiger partial charge in [-0.25, -0.2) is 4.98 Å². The van der Waals surface area contributed by atoms with E-state index in [9.17, 15) is 0 Å². The van der Waals surface area contributed by atoms with Gasteiger partial charge in [-0.2, -0.15) is 0 Å². The quantitative estimate of drug-likeness (QED) is 0.839. The van der Waals surface area contributed by atoms with E-state index in [-0.39, 0.29) is 0 Å². The third kappa shape index (κ3) is 3.49. The monoisotopic (exact) mass is 291 g/mol. The van der Waals surface area contributed by atoms with Crippen molar-refractivity contribution in [2.75, 3.05) is 6.54 Å². The van der Waals surface area contributed by atoms with Crippen molar-refractivity contribution in [1.82, 2.24) is 14.9 Å². The molecule has 110 valence electrons. The number of aromatic nitrogens is 2. The van der Waals surface area contributed by atoms with Crippen LogP contribution in [0.15, 0.2) is 18.5 Å². The largest absolute Gasteiger partial charge is 0.335 e. The third-order valence-corrected chi connectivity index (χ3v) is 4.90. The van der Waals surface area contributed by atoms with Crippen LogP contribution in [0.4, 0.5) is 0 Å². The minimum absolute atomic E-state index is 0.371. The van der Waals surface area contributed by atoms with Gasteiger partial charge in [0.25, 0.3) is 0 Å². The van der Waals surface area contributed by atoms with E-state index in [0.29, 0.717) is 6.04 Å². The first-order valence-electron chi connectivity index (χ1n) is 7.46. The van der Waals surface area contributed by atoms with Gasteiger partial charge in [-0.15, -0.1) is 11.3 Å². The second-order valence-electron chi connectivity index (χ2n) is 5.24. The highest BCUT2D eigenvalue weighted by atomic mass is 32.1. The zero-order chi connectivity index (χ0) is 14.5. The molecule has 1 N–H and O–H groups in total. The predicted molar refractivity (Wildman–Crippen MR) is 86.4 cm³/mol. The number of likely N-dealkylation sites (N-methyl/N-ethyl adjacent to an activating group) is 1. The van der Waals surface area contributed by atoms with Gasteiger partial charge < -0.3 is 9.88 Å². The van der Waals surface area contributed by atoms with E-state index in [1.54, 1.807) is 0 Å². The van der Waals surface area contributed by atoms with E-state index in [0.717, 1.165) is 25.9 Å². The Kier molecular flexibility index (Phi) is 5.38. The zero-order valence-corrected chi connectivity index (χ0v) is 13.8. The highest BCUT2D eigenvalue weighted by molar-refractivity contribution is 7.12. The molecule has 2 rings (SSSR count). The summed E-state index contributed by atoms with van der Waals surface area (Å²) in [4.78, 5) is 7.38. The highest BCUT2D eigenvalue weighted by Gasteiger charge is 2.17. The van der Waals surface area contributed by atoms with E-state index in [2.05, 4.69) is 54.8 Å². The molecule has 1 atom stereocenters. The van der Waals surface area contributed by atoms with Crippen molar-refractivity contribution in [3.63, 3.8) is 0 Å². The maximum Gasteiger partial charge on any atom is 0.110 e. The van der Waals surface area contributed by atoms with Crippen LogP contribution in [0.25, 0.3) is 0 Å². The van der Waals surface area contributed by atoms with Crippen LogP contribution in [-0.4, -0.2) is 16.1 Å². The van der Waals surface area contributed by atoms with Gasteiger partial charge >= 0.3 is 0 Å². The Bertz CT molecular complexity index is 522. The molecule has 2 aromatic heterocycles. The SMILES string of the molecule is CCCn1ccnc1CC(NCC)c1cc(C)c(C)s1. The van der Waals surface area contributed by atoms with Gasteiger partial charge in [-0.1, -0.05) is 13.8 Å². The zero-order valence-electron chi connectivity index (χ0n) is 12.9. The summed E-state index contributed by atoms with van der Waals surface area (Å²) >= 11 is 1.90. The van der Waals surface area contributed by atoms with Crippen LogP contribution in [0.1, 0.15) is 47.5 Å². The second kappa shape index (κ2) is 7.04. The summed E-state index contributed by atoms with van der Waals surface area (Å²) in [6.45, 7) is 10.8. The Hall–Kier alpha value is -1.13. The van der Waals surface area contributed by atoms with Gasteiger partial charge in [-0.05, 0) is 38.4 Å². The molecule has 0 aromatic carbocycles. The minimum atomic E-state index is 0.371. The lowest BCUT2D eigenvalue weighted by atomic mass is 10.1. The second-order valence-corrected chi connectivity index (χ2v) is 6.53. The van der Waals surface area contributed by atoms with E-state index < -0.39 is 0 Å². The molecule has 0 radical (unpaired) electrons. The molecular formula is C16H25N3S. The topological polar surface area (TPSA) is 29.9 Å². The fourth-order valence-electron chi connectivity index (χ4n) is 2.45. The summed E-state index contributed by atoms with van der Waals surface area (Å²) in [5.74, 6) is 1.18. The van der Waals surface area contributed by atoms with E-state index in [4.69, 9.17) is 0 Å². The van der Waals surface area contributed by atoms with Gasteiger partial charge in [0.15, 0.2) is 0 Å². The summed E-state index contributed by atoms with van der Waals surface area (Å²) in [6, 6.07) is 2.69. The summed E-state index contributed by atoms with van der Waals surface area (Å²) < 4.78 is 2.28. The number of rotatable bonds is 7. The summed E-state index contributed by atoms with van der Waals surface area (Å²) in [5, 5.41) is 3.60. The van der Waals surface area contributed by atoms with Crippen LogP contribution in [0, 0.1) is 13.8 Å². The molecule has 20 heavy (non-hydrogen) atoms. The van der Waals surface area contributed by atoms with Gasteiger partial charge in [0.1, 0.15) is 5.82 Å². The number of aryl methyl sites for hydroxylation is 3. The normalized spacial score (nSPS) is 12.8. The molecular weight excluding hydrogens is 266 g/mol. The summed E-state index contributed by atoms with van der Waals surface area (Å²) in [5.41, 5.74) is 1.39. The average Bonchev–Trinajstić information content (AvgIpc) is 2.98. The molecule has 0 bridgehead atoms. The summed E-state index contributed by atoms with van der Waals surface area (Å²) in [7, 11) is 0. The minimum Gasteiger partial charge on any atom is -0.335 e. The number of nitrogens with zero attached hydrogens (tertiary/aromatic N) is 2. The smallest absolute Gasteiger partial charge is 0.110 e. The molecule has 2 aromatic rings. The maximum atomic E-state index is 4.54. The molecule has 0 fully saturated rings. The molecule has 0 aliphatic rings. The predicted octanol–water partition coefficient (Wildman–Crippen LogP) is 3.86. The molecule has 0 saturated heterocycles. The maximum absolute atomic E-state index is 4.54. The van der Waals surface area contributed by atoms with Crippen molar-refractivity contribution in [1.29, 1.82) is 0 Å². The number of hydrogen-bond donors (Lipinski definition) is 1. The van der Waals surface area contributed by atoms with Crippen molar-refractivity contribution in [3.05, 3.63) is 39.6 Å². The van der Waals surface area contributed by atoms with Crippen LogP contribution in [-0.2, 0) is 13.0 Å². The molecule has 3 nitrogen and oxygen atoms in total. The molecule has 0 amide bonds. The fraction of sp³-hybridized carbons (Fsp3) is 0.562. The van der Waals surface area contributed by atoms with Crippen molar-refractivity contribution in [2.45, 2.75) is 53.1 Å². The molecule has 0 aliphatic heterocycles. The number of nitrogens with one attached hydrogen (secondary N) is 1. The van der Waals surface area contributed by atoms with Crippen LogP contribution in [0.2, 0.25) is 0 Å². The first-order chi connectivity index (χ1) is 9.65.